The van der Waals surface area contributed by atoms with Gasteiger partial charge in [0, 0.05) is 12.6 Å². The van der Waals surface area contributed by atoms with E-state index in [9.17, 15) is 8.78 Å². The van der Waals surface area contributed by atoms with Crippen LogP contribution in [0, 0.1) is 11.6 Å². The Hall–Kier alpha value is -0.750. The highest BCUT2D eigenvalue weighted by Gasteiger charge is 2.09. The Bertz CT molecular complexity index is 413. The van der Waals surface area contributed by atoms with Crippen molar-refractivity contribution < 1.29 is 8.78 Å². The molecular weight excluding hydrogens is 310 g/mol. The van der Waals surface area contributed by atoms with Crippen LogP contribution >= 0.6 is 28.1 Å². The van der Waals surface area contributed by atoms with Crippen molar-refractivity contribution in [3.63, 3.8) is 0 Å². The average Bonchev–Trinajstić information content (AvgIpc) is 2.26. The summed E-state index contributed by atoms with van der Waals surface area (Å²) < 4.78 is 26.5. The molecule has 2 N–H and O–H groups in total. The van der Waals surface area contributed by atoms with Crippen molar-refractivity contribution in [2.24, 2.45) is 0 Å². The molecule has 0 aliphatic rings. The van der Waals surface area contributed by atoms with Gasteiger partial charge in [-0.1, -0.05) is 13.3 Å². The molecule has 0 aromatic heterocycles. The van der Waals surface area contributed by atoms with Crippen LogP contribution in [0.1, 0.15) is 19.8 Å². The van der Waals surface area contributed by atoms with Gasteiger partial charge in [-0.2, -0.15) is 0 Å². The van der Waals surface area contributed by atoms with Crippen LogP contribution in [0.3, 0.4) is 0 Å². The van der Waals surface area contributed by atoms with Gasteiger partial charge in [0.15, 0.2) is 5.11 Å². The van der Waals surface area contributed by atoms with E-state index in [0.29, 0.717) is 5.11 Å². The van der Waals surface area contributed by atoms with E-state index < -0.39 is 11.6 Å². The molecule has 0 spiro atoms. The van der Waals surface area contributed by atoms with E-state index in [-0.39, 0.29) is 10.2 Å². The van der Waals surface area contributed by atoms with E-state index >= 15 is 0 Å². The van der Waals surface area contributed by atoms with Gasteiger partial charge >= 0.3 is 0 Å². The van der Waals surface area contributed by atoms with E-state index in [4.69, 9.17) is 12.2 Å². The molecule has 0 heterocycles. The molecule has 0 saturated carbocycles. The van der Waals surface area contributed by atoms with Crippen LogP contribution in [-0.4, -0.2) is 11.7 Å². The van der Waals surface area contributed by atoms with Gasteiger partial charge in [0.25, 0.3) is 0 Å². The number of nitrogens with one attached hydrogen (secondary N) is 2. The van der Waals surface area contributed by atoms with Crippen molar-refractivity contribution in [1.82, 2.24) is 5.32 Å². The minimum Gasteiger partial charge on any atom is -0.362 e. The Morgan fingerprint density at radius 1 is 1.35 bits per heavy atom. The predicted molar refractivity (Wildman–Crippen MR) is 73.2 cm³/mol. The Labute approximate surface area is 113 Å². The van der Waals surface area contributed by atoms with Crippen molar-refractivity contribution in [2.45, 2.75) is 19.8 Å². The van der Waals surface area contributed by atoms with Crippen LogP contribution in [0.25, 0.3) is 0 Å². The van der Waals surface area contributed by atoms with Crippen molar-refractivity contribution in [3.05, 3.63) is 28.2 Å². The highest BCUT2D eigenvalue weighted by atomic mass is 79.9. The first-order valence-electron chi connectivity index (χ1n) is 5.24. The summed E-state index contributed by atoms with van der Waals surface area (Å²) in [6, 6.07) is 2.12. The minimum atomic E-state index is -0.676. The lowest BCUT2D eigenvalue weighted by molar-refractivity contribution is 0.581. The second-order valence-corrected chi connectivity index (χ2v) is 4.74. The summed E-state index contributed by atoms with van der Waals surface area (Å²) in [5.41, 5.74) is 0.146. The normalized spacial score (nSPS) is 10.1. The standard InChI is InChI=1S/C11H13BrF2N2S/c1-2-3-4-15-11(17)16-10-5-7(12)8(13)6-9(10)14/h5-6H,2-4H2,1H3,(H2,15,16,17). The van der Waals surface area contributed by atoms with E-state index in [0.717, 1.165) is 25.5 Å². The molecule has 1 aromatic carbocycles. The molecule has 0 saturated heterocycles. The monoisotopic (exact) mass is 322 g/mol. The number of anilines is 1. The number of halogens is 3. The third kappa shape index (κ3) is 4.55. The van der Waals surface area contributed by atoms with Gasteiger partial charge in [-0.15, -0.1) is 0 Å². The van der Waals surface area contributed by atoms with Gasteiger partial charge in [0.05, 0.1) is 10.2 Å². The lowest BCUT2D eigenvalue weighted by atomic mass is 10.3. The maximum absolute atomic E-state index is 13.4. The molecule has 0 bridgehead atoms. The van der Waals surface area contributed by atoms with Crippen LogP contribution < -0.4 is 10.6 Å². The minimum absolute atomic E-state index is 0.146. The van der Waals surface area contributed by atoms with Crippen LogP contribution in [0.5, 0.6) is 0 Å². The largest absolute Gasteiger partial charge is 0.362 e. The lowest BCUT2D eigenvalue weighted by Gasteiger charge is -2.11. The Balaban J connectivity index is 2.62. The maximum atomic E-state index is 13.4. The SMILES string of the molecule is CCCCNC(=S)Nc1cc(Br)c(F)cc1F. The zero-order valence-corrected chi connectivity index (χ0v) is 11.7. The van der Waals surface area contributed by atoms with Gasteiger partial charge in [-0.05, 0) is 40.6 Å². The van der Waals surface area contributed by atoms with Crippen LogP contribution in [0.4, 0.5) is 14.5 Å². The molecule has 0 aliphatic carbocycles. The summed E-state index contributed by atoms with van der Waals surface area (Å²) in [6.45, 7) is 2.79. The van der Waals surface area contributed by atoms with E-state index in [1.54, 1.807) is 0 Å². The van der Waals surface area contributed by atoms with Crippen molar-refractivity contribution in [3.8, 4) is 0 Å². The number of unbranched alkanes of at least 4 members (excludes halogenated alkanes) is 1. The van der Waals surface area contributed by atoms with Gasteiger partial charge in [0.2, 0.25) is 0 Å². The van der Waals surface area contributed by atoms with Crippen LogP contribution in [0.2, 0.25) is 0 Å². The second-order valence-electron chi connectivity index (χ2n) is 3.48. The van der Waals surface area contributed by atoms with E-state index in [1.807, 2.05) is 0 Å². The summed E-state index contributed by atoms with van der Waals surface area (Å²) in [4.78, 5) is 0. The fraction of sp³-hybridized carbons (Fsp3) is 0.364. The molecule has 1 rings (SSSR count). The van der Waals surface area contributed by atoms with Crippen molar-refractivity contribution in [2.75, 3.05) is 11.9 Å². The summed E-state index contributed by atoms with van der Waals surface area (Å²) >= 11 is 7.98. The molecule has 1 aromatic rings. The molecule has 94 valence electrons. The Kier molecular flexibility index (Phi) is 5.77. The third-order valence-corrected chi connectivity index (χ3v) is 2.93. The second kappa shape index (κ2) is 6.86. The Morgan fingerprint density at radius 3 is 2.71 bits per heavy atom. The number of hydrogen-bond donors (Lipinski definition) is 2. The maximum Gasteiger partial charge on any atom is 0.170 e. The van der Waals surface area contributed by atoms with Crippen LogP contribution in [0.15, 0.2) is 16.6 Å². The summed E-state index contributed by atoms with van der Waals surface area (Å²) in [6.07, 6.45) is 2.03. The predicted octanol–water partition coefficient (Wildman–Crippen LogP) is 3.81. The third-order valence-electron chi connectivity index (χ3n) is 2.07. The van der Waals surface area contributed by atoms with Crippen molar-refractivity contribution >= 4 is 38.9 Å². The number of rotatable bonds is 4. The van der Waals surface area contributed by atoms with E-state index in [1.165, 1.54) is 6.07 Å². The molecule has 0 unspecified atom stereocenters. The molecule has 17 heavy (non-hydrogen) atoms. The zero-order valence-electron chi connectivity index (χ0n) is 9.32. The quantitative estimate of drug-likeness (QED) is 0.500. The summed E-state index contributed by atoms with van der Waals surface area (Å²) in [5, 5.41) is 5.95. The average molecular weight is 323 g/mol. The van der Waals surface area contributed by atoms with E-state index in [2.05, 4.69) is 33.5 Å². The van der Waals surface area contributed by atoms with Gasteiger partial charge in [-0.25, -0.2) is 8.78 Å². The first-order chi connectivity index (χ1) is 8.04. The highest BCUT2D eigenvalue weighted by Crippen LogP contribution is 2.23. The fourth-order valence-electron chi connectivity index (χ4n) is 1.16. The molecule has 0 fully saturated rings. The smallest absolute Gasteiger partial charge is 0.170 e. The first-order valence-corrected chi connectivity index (χ1v) is 6.44. The zero-order chi connectivity index (χ0) is 12.8. The summed E-state index contributed by atoms with van der Waals surface area (Å²) in [7, 11) is 0. The van der Waals surface area contributed by atoms with Gasteiger partial charge < -0.3 is 10.6 Å². The summed E-state index contributed by atoms with van der Waals surface area (Å²) in [5.74, 6) is -1.32. The lowest BCUT2D eigenvalue weighted by Crippen LogP contribution is -2.29. The molecule has 0 radical (unpaired) electrons. The van der Waals surface area contributed by atoms with Crippen LogP contribution in [-0.2, 0) is 0 Å². The molecule has 0 atom stereocenters. The Morgan fingerprint density at radius 2 is 2.06 bits per heavy atom. The molecular formula is C11H13BrF2N2S. The van der Waals surface area contributed by atoms with Gasteiger partial charge in [0.1, 0.15) is 11.6 Å². The number of benzene rings is 1. The molecule has 6 heteroatoms. The highest BCUT2D eigenvalue weighted by molar-refractivity contribution is 9.10. The van der Waals surface area contributed by atoms with Gasteiger partial charge in [-0.3, -0.25) is 0 Å². The first kappa shape index (κ1) is 14.3. The fourth-order valence-corrected chi connectivity index (χ4v) is 1.72. The topological polar surface area (TPSA) is 24.1 Å². The molecule has 2 nitrogen and oxygen atoms in total. The molecule has 0 aliphatic heterocycles. The number of thiocarbonyl (C=S) groups is 1. The molecule has 0 amide bonds. The van der Waals surface area contributed by atoms with Crippen molar-refractivity contribution in [1.29, 1.82) is 0 Å². The number of hydrogen-bond acceptors (Lipinski definition) is 1.